The van der Waals surface area contributed by atoms with Crippen molar-refractivity contribution in [2.75, 3.05) is 4.90 Å². The molecule has 32 heavy (non-hydrogen) atoms. The molecule has 0 bridgehead atoms. The number of halogens is 1. The highest BCUT2D eigenvalue weighted by Gasteiger charge is 2.36. The average molecular weight is 454 g/mol. The predicted octanol–water partition coefficient (Wildman–Crippen LogP) is 4.99. The Kier molecular flexibility index (Phi) is 7.05. The number of hydrogen-bond acceptors (Lipinski definition) is 3. The Labute approximate surface area is 191 Å². The number of rotatable bonds is 7. The summed E-state index contributed by atoms with van der Waals surface area (Å²) in [6.07, 6.45) is 7.11. The van der Waals surface area contributed by atoms with Gasteiger partial charge in [0.15, 0.2) is 6.04 Å². The van der Waals surface area contributed by atoms with Gasteiger partial charge in [-0.25, -0.2) is 4.39 Å². The van der Waals surface area contributed by atoms with Crippen LogP contribution in [0, 0.1) is 5.82 Å². The highest BCUT2D eigenvalue weighted by atomic mass is 32.1. The molecule has 5 nitrogen and oxygen atoms in total. The molecule has 3 aromatic rings. The second kappa shape index (κ2) is 10.1. The van der Waals surface area contributed by atoms with E-state index in [1.54, 1.807) is 18.2 Å². The van der Waals surface area contributed by atoms with Crippen molar-refractivity contribution in [3.05, 3.63) is 76.5 Å². The van der Waals surface area contributed by atoms with Crippen LogP contribution in [0.4, 0.5) is 10.1 Å². The van der Waals surface area contributed by atoms with E-state index in [1.807, 2.05) is 47.5 Å². The molecule has 0 aliphatic heterocycles. The third-order valence-electron chi connectivity index (χ3n) is 6.01. The van der Waals surface area contributed by atoms with Crippen LogP contribution in [-0.4, -0.2) is 22.4 Å². The standard InChI is InChI=1S/C25H28FN3O2S/c1-28-15-7-14-22(28)24(25(31)27-18-9-3-2-4-10-18)29(21-13-6-5-12-20(21)26)23(30)17-19-11-8-16-32-19/h5-8,11-16,18,24H,2-4,9-10,17H2,1H3,(H,27,31)/t24-/m1/s1. The number of carbonyl (C=O) groups excluding carboxylic acids is 2. The Morgan fingerprint density at radius 2 is 1.91 bits per heavy atom. The fraction of sp³-hybridized carbons (Fsp3) is 0.360. The lowest BCUT2D eigenvalue weighted by molar-refractivity contribution is -0.127. The van der Waals surface area contributed by atoms with E-state index < -0.39 is 11.9 Å². The molecule has 0 saturated heterocycles. The van der Waals surface area contributed by atoms with Gasteiger partial charge in [0.05, 0.1) is 17.8 Å². The lowest BCUT2D eigenvalue weighted by Crippen LogP contribution is -2.48. The number of carbonyl (C=O) groups is 2. The van der Waals surface area contributed by atoms with E-state index >= 15 is 0 Å². The van der Waals surface area contributed by atoms with E-state index in [-0.39, 0.29) is 30.0 Å². The molecule has 7 heteroatoms. The van der Waals surface area contributed by atoms with E-state index in [0.29, 0.717) is 5.69 Å². The lowest BCUT2D eigenvalue weighted by atomic mass is 9.95. The van der Waals surface area contributed by atoms with Gasteiger partial charge in [0.1, 0.15) is 5.82 Å². The Morgan fingerprint density at radius 1 is 1.12 bits per heavy atom. The number of thiophene rings is 1. The van der Waals surface area contributed by atoms with Gasteiger partial charge in [-0.05, 0) is 48.6 Å². The van der Waals surface area contributed by atoms with Crippen molar-refractivity contribution in [3.63, 3.8) is 0 Å². The van der Waals surface area contributed by atoms with Crippen molar-refractivity contribution in [2.45, 2.75) is 50.6 Å². The zero-order valence-electron chi connectivity index (χ0n) is 18.2. The molecular formula is C25H28FN3O2S. The largest absolute Gasteiger partial charge is 0.352 e. The van der Waals surface area contributed by atoms with Crippen LogP contribution in [0.2, 0.25) is 0 Å². The van der Waals surface area contributed by atoms with Gasteiger partial charge in [-0.3, -0.25) is 14.5 Å². The molecule has 1 aliphatic carbocycles. The first-order chi connectivity index (χ1) is 15.5. The molecule has 0 radical (unpaired) electrons. The summed E-state index contributed by atoms with van der Waals surface area (Å²) in [6, 6.07) is 12.7. The quantitative estimate of drug-likeness (QED) is 0.548. The molecule has 0 unspecified atom stereocenters. The molecule has 1 fully saturated rings. The highest BCUT2D eigenvalue weighted by molar-refractivity contribution is 7.10. The van der Waals surface area contributed by atoms with Crippen molar-refractivity contribution in [3.8, 4) is 0 Å². The number of anilines is 1. The molecule has 1 N–H and O–H groups in total. The summed E-state index contributed by atoms with van der Waals surface area (Å²) in [5.74, 6) is -1.12. The minimum absolute atomic E-state index is 0.0777. The normalized spacial score (nSPS) is 15.3. The first-order valence-electron chi connectivity index (χ1n) is 11.0. The summed E-state index contributed by atoms with van der Waals surface area (Å²) in [5.41, 5.74) is 0.750. The smallest absolute Gasteiger partial charge is 0.249 e. The molecule has 1 atom stereocenters. The Balaban J connectivity index is 1.75. The van der Waals surface area contributed by atoms with Crippen LogP contribution in [0.5, 0.6) is 0 Å². The number of amides is 2. The number of aromatic nitrogens is 1. The molecular weight excluding hydrogens is 425 g/mol. The van der Waals surface area contributed by atoms with Crippen molar-refractivity contribution in [1.82, 2.24) is 9.88 Å². The van der Waals surface area contributed by atoms with E-state index in [2.05, 4.69) is 5.32 Å². The van der Waals surface area contributed by atoms with E-state index in [9.17, 15) is 14.0 Å². The fourth-order valence-corrected chi connectivity index (χ4v) is 5.08. The summed E-state index contributed by atoms with van der Waals surface area (Å²) < 4.78 is 16.8. The van der Waals surface area contributed by atoms with Crippen molar-refractivity contribution in [1.29, 1.82) is 0 Å². The van der Waals surface area contributed by atoms with Crippen LogP contribution >= 0.6 is 11.3 Å². The van der Waals surface area contributed by atoms with Crippen LogP contribution in [0.3, 0.4) is 0 Å². The maximum atomic E-state index is 15.0. The van der Waals surface area contributed by atoms with Gasteiger partial charge in [0, 0.05) is 24.2 Å². The summed E-state index contributed by atoms with van der Waals surface area (Å²) in [4.78, 5) is 29.4. The van der Waals surface area contributed by atoms with Crippen LogP contribution in [0.25, 0.3) is 0 Å². The first-order valence-corrected chi connectivity index (χ1v) is 11.9. The molecule has 168 valence electrons. The number of nitrogens with one attached hydrogen (secondary N) is 1. The van der Waals surface area contributed by atoms with Gasteiger partial charge in [0.25, 0.3) is 0 Å². The molecule has 4 rings (SSSR count). The van der Waals surface area contributed by atoms with Gasteiger partial charge in [-0.1, -0.05) is 37.5 Å². The Morgan fingerprint density at radius 3 is 2.56 bits per heavy atom. The van der Waals surface area contributed by atoms with Crippen LogP contribution in [0.1, 0.15) is 48.7 Å². The van der Waals surface area contributed by atoms with Gasteiger partial charge < -0.3 is 9.88 Å². The summed E-state index contributed by atoms with van der Waals surface area (Å²) in [5, 5.41) is 5.06. The van der Waals surface area contributed by atoms with Gasteiger partial charge >= 0.3 is 0 Å². The van der Waals surface area contributed by atoms with Crippen molar-refractivity contribution >= 4 is 28.8 Å². The molecule has 2 amide bonds. The summed E-state index contributed by atoms with van der Waals surface area (Å²) in [7, 11) is 1.83. The number of hydrogen-bond donors (Lipinski definition) is 1. The second-order valence-corrected chi connectivity index (χ2v) is 9.29. The van der Waals surface area contributed by atoms with Crippen molar-refractivity contribution < 1.29 is 14.0 Å². The third kappa shape index (κ3) is 4.93. The Hall–Kier alpha value is -2.93. The molecule has 2 heterocycles. The minimum Gasteiger partial charge on any atom is -0.352 e. The fourth-order valence-electron chi connectivity index (χ4n) is 4.38. The van der Waals surface area contributed by atoms with Crippen LogP contribution < -0.4 is 10.2 Å². The maximum absolute atomic E-state index is 15.0. The second-order valence-electron chi connectivity index (χ2n) is 8.26. The van der Waals surface area contributed by atoms with Gasteiger partial charge in [0.2, 0.25) is 11.8 Å². The molecule has 1 aromatic carbocycles. The molecule has 1 saturated carbocycles. The van der Waals surface area contributed by atoms with Gasteiger partial charge in [-0.2, -0.15) is 0 Å². The van der Waals surface area contributed by atoms with E-state index in [0.717, 1.165) is 30.6 Å². The molecule has 1 aliphatic rings. The van der Waals surface area contributed by atoms with E-state index in [4.69, 9.17) is 0 Å². The minimum atomic E-state index is -0.971. The van der Waals surface area contributed by atoms with Crippen LogP contribution in [0.15, 0.2) is 60.1 Å². The summed E-state index contributed by atoms with van der Waals surface area (Å²) in [6.45, 7) is 0. The van der Waals surface area contributed by atoms with Gasteiger partial charge in [-0.15, -0.1) is 11.3 Å². The number of para-hydroxylation sites is 1. The average Bonchev–Trinajstić information content (AvgIpc) is 3.45. The van der Waals surface area contributed by atoms with Crippen molar-refractivity contribution in [2.24, 2.45) is 7.05 Å². The zero-order chi connectivity index (χ0) is 22.5. The topological polar surface area (TPSA) is 54.3 Å². The molecule has 2 aromatic heterocycles. The van der Waals surface area contributed by atoms with E-state index in [1.165, 1.54) is 28.7 Å². The highest BCUT2D eigenvalue weighted by Crippen LogP contribution is 2.32. The SMILES string of the molecule is Cn1cccc1[C@H](C(=O)NC1CCCCC1)N(C(=O)Cc1cccs1)c1ccccc1F. The number of aryl methyl sites for hydroxylation is 1. The predicted molar refractivity (Wildman–Crippen MR) is 125 cm³/mol. The lowest BCUT2D eigenvalue weighted by Gasteiger charge is -2.33. The van der Waals surface area contributed by atoms with Crippen LogP contribution in [-0.2, 0) is 23.1 Å². The molecule has 0 spiro atoms. The first kappa shape index (κ1) is 22.3. The number of benzene rings is 1. The zero-order valence-corrected chi connectivity index (χ0v) is 19.0. The Bertz CT molecular complexity index is 1060. The third-order valence-corrected chi connectivity index (χ3v) is 6.88. The number of nitrogens with zero attached hydrogens (tertiary/aromatic N) is 2. The maximum Gasteiger partial charge on any atom is 0.249 e. The summed E-state index contributed by atoms with van der Waals surface area (Å²) >= 11 is 1.47. The monoisotopic (exact) mass is 453 g/mol.